The quantitative estimate of drug-likeness (QED) is 0.296. The van der Waals surface area contributed by atoms with Crippen molar-refractivity contribution in [1.29, 1.82) is 0 Å². The smallest absolute Gasteiger partial charge is 0.388 e. The van der Waals surface area contributed by atoms with Crippen molar-refractivity contribution in [3.8, 4) is 0 Å². The van der Waals surface area contributed by atoms with Crippen LogP contribution in [0.2, 0.25) is 0 Å². The van der Waals surface area contributed by atoms with Gasteiger partial charge in [-0.3, -0.25) is 0 Å². The number of halogens is 6. The molecule has 0 aromatic heterocycles. The summed E-state index contributed by atoms with van der Waals surface area (Å²) in [6.07, 6.45) is 4.92. The van der Waals surface area contributed by atoms with Crippen molar-refractivity contribution in [3.63, 3.8) is 0 Å². The standard InChI is InChI=1S/C28H34F6O/c1-18-19(6-3-8-22(18)35)10-11-20-7-4-14-25(2)21(20)12-13-23(25)26(16-17-26)15-5-9-24(27(29,30)31)28(32,33)34/h5,9-11,13,21-22,24,35H,1,3-4,6-8,12,14-17H2,2H3/b9-5-,19-10-,20-11+. The molecular weight excluding hydrogens is 466 g/mol. The van der Waals surface area contributed by atoms with Crippen LogP contribution in [0.5, 0.6) is 0 Å². The van der Waals surface area contributed by atoms with E-state index < -0.39 is 24.4 Å². The van der Waals surface area contributed by atoms with Gasteiger partial charge < -0.3 is 5.11 Å². The van der Waals surface area contributed by atoms with Crippen LogP contribution >= 0.6 is 0 Å². The summed E-state index contributed by atoms with van der Waals surface area (Å²) in [7, 11) is 0. The molecule has 3 atom stereocenters. The average molecular weight is 501 g/mol. The zero-order valence-electron chi connectivity index (χ0n) is 20.1. The second-order valence-electron chi connectivity index (χ2n) is 11.0. The molecule has 0 bridgehead atoms. The lowest BCUT2D eigenvalue weighted by Crippen LogP contribution is -2.35. The molecule has 0 saturated heterocycles. The Kier molecular flexibility index (Phi) is 6.97. The van der Waals surface area contributed by atoms with Crippen LogP contribution in [0.3, 0.4) is 0 Å². The molecule has 194 valence electrons. The molecule has 0 aromatic carbocycles. The van der Waals surface area contributed by atoms with Gasteiger partial charge in [-0.2, -0.15) is 26.3 Å². The lowest BCUT2D eigenvalue weighted by Gasteiger charge is -2.43. The third-order valence-corrected chi connectivity index (χ3v) is 8.76. The molecule has 0 aromatic rings. The fourth-order valence-electron chi connectivity index (χ4n) is 6.64. The first-order chi connectivity index (χ1) is 16.3. The number of alkyl halides is 6. The third-order valence-electron chi connectivity index (χ3n) is 8.76. The van der Waals surface area contributed by atoms with Gasteiger partial charge in [0.15, 0.2) is 5.92 Å². The molecule has 1 N–H and O–H groups in total. The molecule has 0 spiro atoms. The van der Waals surface area contributed by atoms with Crippen molar-refractivity contribution in [1.82, 2.24) is 0 Å². The van der Waals surface area contributed by atoms with Crippen molar-refractivity contribution in [3.05, 3.63) is 59.3 Å². The highest BCUT2D eigenvalue weighted by Crippen LogP contribution is 2.67. The van der Waals surface area contributed by atoms with E-state index in [-0.39, 0.29) is 17.3 Å². The molecule has 7 heteroatoms. The Balaban J connectivity index is 1.50. The Morgan fingerprint density at radius 3 is 2.37 bits per heavy atom. The summed E-state index contributed by atoms with van der Waals surface area (Å²) < 4.78 is 77.5. The van der Waals surface area contributed by atoms with E-state index in [0.717, 1.165) is 75.0 Å². The summed E-state index contributed by atoms with van der Waals surface area (Å²) in [5.41, 5.74) is 4.00. The molecule has 35 heavy (non-hydrogen) atoms. The Hall–Kier alpha value is -1.76. The Bertz CT molecular complexity index is 945. The summed E-state index contributed by atoms with van der Waals surface area (Å²) >= 11 is 0. The Labute approximate surface area is 203 Å². The maximum absolute atomic E-state index is 12.9. The molecule has 0 amide bonds. The van der Waals surface area contributed by atoms with E-state index >= 15 is 0 Å². The summed E-state index contributed by atoms with van der Waals surface area (Å²) in [4.78, 5) is 0. The van der Waals surface area contributed by atoms with Crippen LogP contribution in [-0.4, -0.2) is 23.6 Å². The lowest BCUT2D eigenvalue weighted by molar-refractivity contribution is -0.267. The van der Waals surface area contributed by atoms with Gasteiger partial charge in [0, 0.05) is 0 Å². The van der Waals surface area contributed by atoms with Crippen LogP contribution in [0.4, 0.5) is 26.3 Å². The van der Waals surface area contributed by atoms with E-state index in [1.165, 1.54) is 11.1 Å². The molecule has 3 fully saturated rings. The van der Waals surface area contributed by atoms with Crippen molar-refractivity contribution >= 4 is 0 Å². The molecular formula is C28H34F6O. The molecule has 0 radical (unpaired) electrons. The third kappa shape index (κ3) is 5.21. The van der Waals surface area contributed by atoms with Gasteiger partial charge in [-0.15, -0.1) is 0 Å². The van der Waals surface area contributed by atoms with Crippen LogP contribution in [0, 0.1) is 22.7 Å². The number of aliphatic hydroxyl groups excluding tert-OH is 1. The number of hydrogen-bond acceptors (Lipinski definition) is 1. The first kappa shape index (κ1) is 26.3. The van der Waals surface area contributed by atoms with Crippen molar-refractivity contribution < 1.29 is 31.4 Å². The van der Waals surface area contributed by atoms with Crippen LogP contribution in [0.1, 0.15) is 71.1 Å². The predicted octanol–water partition coefficient (Wildman–Crippen LogP) is 8.54. The maximum atomic E-state index is 12.9. The highest BCUT2D eigenvalue weighted by atomic mass is 19.4. The fraction of sp³-hybridized carbons (Fsp3) is 0.643. The Morgan fingerprint density at radius 1 is 1.06 bits per heavy atom. The van der Waals surface area contributed by atoms with Gasteiger partial charge in [0.2, 0.25) is 0 Å². The van der Waals surface area contributed by atoms with E-state index in [4.69, 9.17) is 0 Å². The topological polar surface area (TPSA) is 20.2 Å². The minimum Gasteiger partial charge on any atom is -0.388 e. The fourth-order valence-corrected chi connectivity index (χ4v) is 6.64. The van der Waals surface area contributed by atoms with Gasteiger partial charge in [0.1, 0.15) is 0 Å². The van der Waals surface area contributed by atoms with Crippen LogP contribution in [0.25, 0.3) is 0 Å². The predicted molar refractivity (Wildman–Crippen MR) is 124 cm³/mol. The van der Waals surface area contributed by atoms with E-state index in [0.29, 0.717) is 12.0 Å². The van der Waals surface area contributed by atoms with Crippen LogP contribution in [-0.2, 0) is 0 Å². The summed E-state index contributed by atoms with van der Waals surface area (Å²) in [6.45, 7) is 6.26. The van der Waals surface area contributed by atoms with Crippen LogP contribution in [0.15, 0.2) is 59.3 Å². The molecule has 3 saturated carbocycles. The summed E-state index contributed by atoms with van der Waals surface area (Å²) in [5.74, 6) is -3.12. The highest BCUT2D eigenvalue weighted by molar-refractivity contribution is 5.42. The zero-order chi connectivity index (χ0) is 25.6. The molecule has 4 rings (SSSR count). The highest BCUT2D eigenvalue weighted by Gasteiger charge is 2.57. The van der Waals surface area contributed by atoms with Crippen molar-refractivity contribution in [2.45, 2.75) is 89.6 Å². The summed E-state index contributed by atoms with van der Waals surface area (Å²) in [5, 5.41) is 10.1. The number of hydrogen-bond donors (Lipinski definition) is 1. The Morgan fingerprint density at radius 2 is 1.74 bits per heavy atom. The second-order valence-corrected chi connectivity index (χ2v) is 11.0. The average Bonchev–Trinajstić information content (AvgIpc) is 3.43. The normalized spacial score (nSPS) is 33.6. The van der Waals surface area contributed by atoms with Gasteiger partial charge in [-0.05, 0) is 92.1 Å². The van der Waals surface area contributed by atoms with E-state index in [1.807, 2.05) is 0 Å². The first-order valence-electron chi connectivity index (χ1n) is 12.6. The molecule has 0 heterocycles. The van der Waals surface area contributed by atoms with Gasteiger partial charge in [-0.1, -0.05) is 55.0 Å². The van der Waals surface area contributed by atoms with E-state index in [1.54, 1.807) is 0 Å². The SMILES string of the molecule is C=C1/C(=C\C=C2/CCCC3(C)C(C4(C/C=C\C(C(F)(F)F)C(F)(F)F)CC4)=CCC23)CCCC1O. The van der Waals surface area contributed by atoms with E-state index in [2.05, 4.69) is 31.7 Å². The minimum atomic E-state index is -5.34. The first-order valence-corrected chi connectivity index (χ1v) is 12.6. The number of aliphatic hydroxyl groups is 1. The molecule has 3 unspecified atom stereocenters. The largest absolute Gasteiger partial charge is 0.403 e. The maximum Gasteiger partial charge on any atom is 0.403 e. The molecule has 4 aliphatic rings. The molecule has 1 nitrogen and oxygen atoms in total. The summed E-state index contributed by atoms with van der Waals surface area (Å²) in [6, 6.07) is 0. The van der Waals surface area contributed by atoms with Gasteiger partial charge in [-0.25, -0.2) is 0 Å². The minimum absolute atomic E-state index is 0.122. The van der Waals surface area contributed by atoms with E-state index in [9.17, 15) is 31.4 Å². The van der Waals surface area contributed by atoms with Crippen LogP contribution < -0.4 is 0 Å². The van der Waals surface area contributed by atoms with Gasteiger partial charge in [0.05, 0.1) is 6.10 Å². The van der Waals surface area contributed by atoms with Crippen molar-refractivity contribution in [2.24, 2.45) is 22.7 Å². The van der Waals surface area contributed by atoms with Crippen molar-refractivity contribution in [2.75, 3.05) is 0 Å². The van der Waals surface area contributed by atoms with Gasteiger partial charge in [0.25, 0.3) is 0 Å². The molecule has 0 aliphatic heterocycles. The number of fused-ring (bicyclic) bond motifs is 1. The monoisotopic (exact) mass is 500 g/mol. The number of rotatable bonds is 5. The lowest BCUT2D eigenvalue weighted by atomic mass is 9.61. The second kappa shape index (κ2) is 9.28. The zero-order valence-corrected chi connectivity index (χ0v) is 20.1. The van der Waals surface area contributed by atoms with Gasteiger partial charge >= 0.3 is 12.4 Å². The molecule has 4 aliphatic carbocycles. The number of allylic oxidation sites excluding steroid dienone is 7.